The summed E-state index contributed by atoms with van der Waals surface area (Å²) in [5, 5.41) is 0. The van der Waals surface area contributed by atoms with Crippen molar-refractivity contribution in [2.24, 2.45) is 5.92 Å². The average Bonchev–Trinajstić information content (AvgIpc) is 3.11. The highest BCUT2D eigenvalue weighted by molar-refractivity contribution is 7.85. The van der Waals surface area contributed by atoms with E-state index in [1.807, 2.05) is 11.7 Å². The highest BCUT2D eigenvalue weighted by Gasteiger charge is 2.18. The van der Waals surface area contributed by atoms with Crippen LogP contribution in [0.15, 0.2) is 41.3 Å². The van der Waals surface area contributed by atoms with E-state index in [-0.39, 0.29) is 4.90 Å². The van der Waals surface area contributed by atoms with E-state index in [1.54, 1.807) is 12.1 Å². The van der Waals surface area contributed by atoms with Gasteiger partial charge in [0.1, 0.15) is 10.1 Å². The monoisotopic (exact) mass is 405 g/mol. The lowest BCUT2D eigenvalue weighted by Crippen LogP contribution is -2.48. The summed E-state index contributed by atoms with van der Waals surface area (Å²) >= 11 is 0. The molecule has 1 aromatic heterocycles. The van der Waals surface area contributed by atoms with Gasteiger partial charge in [0.15, 0.2) is 6.61 Å². The molecule has 1 aliphatic carbocycles. The topological polar surface area (TPSA) is 70.3 Å². The van der Waals surface area contributed by atoms with E-state index in [1.165, 1.54) is 61.2 Å². The molecule has 0 bridgehead atoms. The van der Waals surface area contributed by atoms with Gasteiger partial charge < -0.3 is 4.55 Å². The molecule has 0 saturated heterocycles. The van der Waals surface area contributed by atoms with Crippen LogP contribution in [0.4, 0.5) is 0 Å². The van der Waals surface area contributed by atoms with Crippen molar-refractivity contribution in [2.75, 3.05) is 6.61 Å². The molecule has 3 rings (SSSR count). The summed E-state index contributed by atoms with van der Waals surface area (Å²) in [6, 6.07) is 10.1. The first-order valence-corrected chi connectivity index (χ1v) is 11.2. The van der Waals surface area contributed by atoms with Gasteiger partial charge in [-0.05, 0) is 43.9 Å². The molecule has 154 valence electrons. The van der Waals surface area contributed by atoms with Gasteiger partial charge in [-0.25, -0.2) is 8.42 Å². The minimum Gasteiger partial charge on any atom is -0.744 e. The van der Waals surface area contributed by atoms with Gasteiger partial charge in [-0.15, -0.1) is 0 Å². The number of aryl methyl sites for hydroxylation is 4. The number of benzene rings is 1. The number of hydrogen-bond donors (Lipinski definition) is 0. The van der Waals surface area contributed by atoms with Crippen LogP contribution < -0.4 is 9.57 Å². The van der Waals surface area contributed by atoms with Crippen molar-refractivity contribution < 1.29 is 22.5 Å². The van der Waals surface area contributed by atoms with Crippen LogP contribution in [-0.4, -0.2) is 19.6 Å². The lowest BCUT2D eigenvalue weighted by Gasteiger charge is -2.08. The van der Waals surface area contributed by atoms with E-state index < -0.39 is 10.1 Å². The predicted molar refractivity (Wildman–Crippen MR) is 108 cm³/mol. The largest absolute Gasteiger partial charge is 0.744 e. The first-order chi connectivity index (χ1) is 13.2. The maximum absolute atomic E-state index is 10.4. The van der Waals surface area contributed by atoms with Crippen molar-refractivity contribution in [3.63, 3.8) is 0 Å². The lowest BCUT2D eigenvalue weighted by molar-refractivity contribution is -0.899. The molecule has 0 spiro atoms. The Hall–Kier alpha value is -1.92. The molecule has 28 heavy (non-hydrogen) atoms. The standard InChI is InChI=1S/C15H24NO.C7H8O3S/c1-12-10-13(2)16(14(3)11-12)17-9-8-15-6-4-5-7-15;1-6-2-4-7(5-3-6)11(8,9)10/h10-11,15H,4-9H2,1-3H3;2-5H,1H3,(H,8,9,10)/q+1;/p-1. The van der Waals surface area contributed by atoms with Gasteiger partial charge in [0.2, 0.25) is 11.4 Å². The van der Waals surface area contributed by atoms with E-state index >= 15 is 0 Å². The summed E-state index contributed by atoms with van der Waals surface area (Å²) in [4.78, 5) is 5.72. The summed E-state index contributed by atoms with van der Waals surface area (Å²) in [5.74, 6) is 0.904. The van der Waals surface area contributed by atoms with Crippen LogP contribution in [0.3, 0.4) is 0 Å². The maximum Gasteiger partial charge on any atom is 0.231 e. The van der Waals surface area contributed by atoms with Crippen LogP contribution in [0.2, 0.25) is 0 Å². The summed E-state index contributed by atoms with van der Waals surface area (Å²) in [7, 11) is -4.27. The van der Waals surface area contributed by atoms with E-state index in [9.17, 15) is 13.0 Å². The van der Waals surface area contributed by atoms with Crippen molar-refractivity contribution in [1.29, 1.82) is 0 Å². The molecule has 1 aromatic carbocycles. The Balaban J connectivity index is 0.000000221. The first-order valence-electron chi connectivity index (χ1n) is 9.82. The molecule has 0 radical (unpaired) electrons. The summed E-state index contributed by atoms with van der Waals surface area (Å²) in [5.41, 5.74) is 4.61. The molecular weight excluding hydrogens is 374 g/mol. The van der Waals surface area contributed by atoms with Gasteiger partial charge in [-0.3, -0.25) is 4.84 Å². The van der Waals surface area contributed by atoms with E-state index in [0.29, 0.717) is 0 Å². The summed E-state index contributed by atoms with van der Waals surface area (Å²) < 4.78 is 33.1. The first kappa shape index (κ1) is 22.4. The Labute approximate surface area is 169 Å². The van der Waals surface area contributed by atoms with Crippen molar-refractivity contribution in [1.82, 2.24) is 0 Å². The normalized spacial score (nSPS) is 14.5. The van der Waals surface area contributed by atoms with Crippen molar-refractivity contribution in [2.45, 2.75) is 64.7 Å². The van der Waals surface area contributed by atoms with Gasteiger partial charge in [-0.2, -0.15) is 0 Å². The third kappa shape index (κ3) is 6.91. The summed E-state index contributed by atoms with van der Waals surface area (Å²) in [6.07, 6.45) is 6.85. The zero-order valence-electron chi connectivity index (χ0n) is 17.3. The third-order valence-corrected chi connectivity index (χ3v) is 5.89. The molecule has 1 saturated carbocycles. The van der Waals surface area contributed by atoms with Gasteiger partial charge in [0.05, 0.1) is 4.90 Å². The smallest absolute Gasteiger partial charge is 0.231 e. The fourth-order valence-corrected chi connectivity index (χ4v) is 4.08. The van der Waals surface area contributed by atoms with Gasteiger partial charge in [0.25, 0.3) is 0 Å². The highest BCUT2D eigenvalue weighted by Crippen LogP contribution is 2.26. The second-order valence-corrected chi connectivity index (χ2v) is 9.03. The van der Waals surface area contributed by atoms with Gasteiger partial charge >= 0.3 is 0 Å². The molecule has 0 unspecified atom stereocenters. The van der Waals surface area contributed by atoms with E-state index in [0.717, 1.165) is 18.1 Å². The average molecular weight is 406 g/mol. The van der Waals surface area contributed by atoms with Crippen LogP contribution in [-0.2, 0) is 10.1 Å². The zero-order chi connectivity index (χ0) is 20.7. The number of aromatic nitrogens is 1. The molecule has 6 heteroatoms. The van der Waals surface area contributed by atoms with Crippen molar-refractivity contribution in [3.8, 4) is 0 Å². The third-order valence-electron chi connectivity index (χ3n) is 5.04. The molecule has 0 amide bonds. The van der Waals surface area contributed by atoms with Crippen LogP contribution in [0.25, 0.3) is 0 Å². The van der Waals surface area contributed by atoms with Crippen molar-refractivity contribution in [3.05, 3.63) is 58.9 Å². The lowest BCUT2D eigenvalue weighted by atomic mass is 10.1. The second-order valence-electron chi connectivity index (χ2n) is 7.65. The Morgan fingerprint density at radius 1 is 0.964 bits per heavy atom. The Morgan fingerprint density at radius 2 is 1.50 bits per heavy atom. The number of nitrogens with zero attached hydrogens (tertiary/aromatic N) is 1. The zero-order valence-corrected chi connectivity index (χ0v) is 18.1. The highest BCUT2D eigenvalue weighted by atomic mass is 32.2. The summed E-state index contributed by atoms with van der Waals surface area (Å²) in [6.45, 7) is 9.01. The molecule has 2 aromatic rings. The predicted octanol–water partition coefficient (Wildman–Crippen LogP) is 3.81. The maximum atomic E-state index is 10.4. The molecule has 5 nitrogen and oxygen atoms in total. The minimum absolute atomic E-state index is 0.178. The van der Waals surface area contributed by atoms with E-state index in [2.05, 4.69) is 32.9 Å². The molecular formula is C22H31NO4S. The molecule has 1 heterocycles. The minimum atomic E-state index is -4.27. The van der Waals surface area contributed by atoms with Gasteiger partial charge in [-0.1, -0.05) is 43.4 Å². The Morgan fingerprint density at radius 3 is 2.00 bits per heavy atom. The molecule has 0 aliphatic heterocycles. The second kappa shape index (κ2) is 10.0. The Bertz CT molecular complexity index is 847. The number of pyridine rings is 1. The molecule has 1 aliphatic rings. The Kier molecular flexibility index (Phi) is 8.01. The number of hydrogen-bond acceptors (Lipinski definition) is 4. The number of rotatable bonds is 5. The quantitative estimate of drug-likeness (QED) is 0.560. The van der Waals surface area contributed by atoms with E-state index in [4.69, 9.17) is 4.84 Å². The van der Waals surface area contributed by atoms with Crippen LogP contribution >= 0.6 is 0 Å². The fourth-order valence-electron chi connectivity index (χ4n) is 3.61. The van der Waals surface area contributed by atoms with Crippen LogP contribution in [0, 0.1) is 33.6 Å². The fraction of sp³-hybridized carbons (Fsp3) is 0.500. The molecule has 0 N–H and O–H groups in total. The van der Waals surface area contributed by atoms with Crippen LogP contribution in [0.5, 0.6) is 0 Å². The SMILES string of the molecule is Cc1cc(C)[n+](OCCC2CCCC2)c(C)c1.Cc1ccc(S(=O)(=O)[O-])cc1. The van der Waals surface area contributed by atoms with Gasteiger partial charge in [0, 0.05) is 30.7 Å². The molecule has 0 atom stereocenters. The molecule has 1 fully saturated rings. The van der Waals surface area contributed by atoms with Crippen molar-refractivity contribution >= 4 is 10.1 Å². The van der Waals surface area contributed by atoms with Crippen LogP contribution in [0.1, 0.15) is 54.6 Å².